The summed E-state index contributed by atoms with van der Waals surface area (Å²) in [7, 11) is 0. The molecular formula is C19H25F3IN3O3. The fourth-order valence-electron chi connectivity index (χ4n) is 2.43. The summed E-state index contributed by atoms with van der Waals surface area (Å²) in [5, 5.41) is 16.5. The fraction of sp³-hybridized carbons (Fsp3) is 0.421. The van der Waals surface area contributed by atoms with Crippen molar-refractivity contribution in [1.29, 1.82) is 0 Å². The van der Waals surface area contributed by atoms with Crippen LogP contribution >= 0.6 is 24.0 Å². The highest BCUT2D eigenvalue weighted by atomic mass is 127. The normalized spacial score (nSPS) is 14.0. The smallest absolute Gasteiger partial charge is 0.463 e. The number of benzene rings is 1. The highest BCUT2D eigenvalue weighted by Crippen LogP contribution is 2.26. The van der Waals surface area contributed by atoms with Crippen LogP contribution in [0.3, 0.4) is 0 Å². The molecule has 1 unspecified atom stereocenters. The van der Waals surface area contributed by atoms with E-state index in [2.05, 4.69) is 20.4 Å². The molecule has 1 aromatic carbocycles. The molecule has 3 N–H and O–H groups in total. The Balaban J connectivity index is 0.00000420. The van der Waals surface area contributed by atoms with Gasteiger partial charge in [0.1, 0.15) is 22.9 Å². The number of alkyl halides is 3. The van der Waals surface area contributed by atoms with E-state index in [1.807, 2.05) is 6.92 Å². The van der Waals surface area contributed by atoms with Gasteiger partial charge in [0.2, 0.25) is 0 Å². The quantitative estimate of drug-likeness (QED) is 0.288. The molecule has 0 aliphatic heterocycles. The minimum Gasteiger partial charge on any atom is -0.463 e. The van der Waals surface area contributed by atoms with Crippen molar-refractivity contribution in [2.24, 2.45) is 4.99 Å². The summed E-state index contributed by atoms with van der Waals surface area (Å²) in [5.74, 6) is 1.12. The third-order valence-electron chi connectivity index (χ3n) is 3.82. The van der Waals surface area contributed by atoms with E-state index in [-0.39, 0.29) is 48.4 Å². The zero-order chi connectivity index (χ0) is 20.8. The maximum atomic E-state index is 12.5. The van der Waals surface area contributed by atoms with Crippen LogP contribution in [0.2, 0.25) is 0 Å². The van der Waals surface area contributed by atoms with Gasteiger partial charge in [-0.25, -0.2) is 4.99 Å². The fourth-order valence-corrected chi connectivity index (χ4v) is 2.43. The third-order valence-corrected chi connectivity index (χ3v) is 3.82. The molecule has 0 aliphatic carbocycles. The first-order chi connectivity index (χ1) is 13.1. The molecule has 6 nitrogen and oxygen atoms in total. The van der Waals surface area contributed by atoms with Crippen LogP contribution in [0.1, 0.15) is 30.9 Å². The molecule has 0 amide bonds. The summed E-state index contributed by atoms with van der Waals surface area (Å²) in [6, 6.07) is 9.25. The van der Waals surface area contributed by atoms with Crippen LogP contribution in [0.4, 0.5) is 13.2 Å². The van der Waals surface area contributed by atoms with Crippen LogP contribution in [0.15, 0.2) is 45.8 Å². The summed E-state index contributed by atoms with van der Waals surface area (Å²) < 4.78 is 47.1. The molecule has 1 aromatic heterocycles. The number of guanidine groups is 1. The minimum atomic E-state index is -4.78. The summed E-state index contributed by atoms with van der Waals surface area (Å²) >= 11 is 0. The Labute approximate surface area is 184 Å². The Morgan fingerprint density at radius 1 is 1.17 bits per heavy atom. The van der Waals surface area contributed by atoms with E-state index < -0.39 is 12.0 Å². The van der Waals surface area contributed by atoms with Crippen LogP contribution in [-0.4, -0.2) is 30.5 Å². The van der Waals surface area contributed by atoms with E-state index in [4.69, 9.17) is 4.42 Å². The molecule has 0 saturated heterocycles. The molecule has 0 saturated carbocycles. The number of nitrogens with one attached hydrogen (secondary N) is 2. The summed E-state index contributed by atoms with van der Waals surface area (Å²) in [6.07, 6.45) is -4.78. The average molecular weight is 527 g/mol. The largest absolute Gasteiger partial charge is 0.573 e. The SMILES string of the molecule is CCNC(=NCc1ccccc1OC(F)(F)F)NCC(C)(O)c1ccc(C)o1.I. The lowest BCUT2D eigenvalue weighted by atomic mass is 10.0. The number of rotatable bonds is 7. The van der Waals surface area contributed by atoms with Gasteiger partial charge < -0.3 is 24.9 Å². The monoisotopic (exact) mass is 527 g/mol. The number of hydrogen-bond donors (Lipinski definition) is 3. The lowest BCUT2D eigenvalue weighted by molar-refractivity contribution is -0.274. The van der Waals surface area contributed by atoms with Crippen molar-refractivity contribution in [3.63, 3.8) is 0 Å². The van der Waals surface area contributed by atoms with E-state index in [1.54, 1.807) is 32.0 Å². The van der Waals surface area contributed by atoms with E-state index in [0.29, 0.717) is 24.0 Å². The van der Waals surface area contributed by atoms with Gasteiger partial charge in [0.15, 0.2) is 5.96 Å². The van der Waals surface area contributed by atoms with Gasteiger partial charge in [-0.2, -0.15) is 0 Å². The molecule has 0 radical (unpaired) electrons. The van der Waals surface area contributed by atoms with Gasteiger partial charge in [-0.15, -0.1) is 37.1 Å². The van der Waals surface area contributed by atoms with Crippen molar-refractivity contribution >= 4 is 29.9 Å². The van der Waals surface area contributed by atoms with Gasteiger partial charge in [0.25, 0.3) is 0 Å². The highest BCUT2D eigenvalue weighted by Gasteiger charge is 2.32. The Morgan fingerprint density at radius 3 is 2.45 bits per heavy atom. The van der Waals surface area contributed by atoms with Crippen LogP contribution in [0.5, 0.6) is 5.75 Å². The minimum absolute atomic E-state index is 0. The molecule has 1 heterocycles. The summed E-state index contributed by atoms with van der Waals surface area (Å²) in [5.41, 5.74) is -1.01. The first-order valence-corrected chi connectivity index (χ1v) is 8.76. The number of furan rings is 1. The lowest BCUT2D eigenvalue weighted by Gasteiger charge is -2.23. The standard InChI is InChI=1S/C19H24F3N3O3.HI/c1-4-23-17(25-12-18(3,26)16-10-9-13(2)27-16)24-11-14-7-5-6-8-15(14)28-19(20,21)22;/h5-10,26H,4,11-12H2,1-3H3,(H2,23,24,25);1H. The number of ether oxygens (including phenoxy) is 1. The number of aliphatic imine (C=N–C) groups is 1. The number of para-hydroxylation sites is 1. The second-order valence-corrected chi connectivity index (χ2v) is 6.39. The third kappa shape index (κ3) is 8.13. The maximum absolute atomic E-state index is 12.5. The van der Waals surface area contributed by atoms with Crippen molar-refractivity contribution in [3.8, 4) is 5.75 Å². The Morgan fingerprint density at radius 2 is 1.86 bits per heavy atom. The molecule has 0 aliphatic rings. The molecule has 10 heteroatoms. The lowest BCUT2D eigenvalue weighted by Crippen LogP contribution is -2.44. The molecule has 1 atom stereocenters. The first kappa shape index (κ1) is 25.1. The second-order valence-electron chi connectivity index (χ2n) is 6.39. The second kappa shape index (κ2) is 10.7. The predicted molar refractivity (Wildman–Crippen MR) is 114 cm³/mol. The molecule has 0 spiro atoms. The van der Waals surface area contributed by atoms with Gasteiger partial charge in [-0.1, -0.05) is 18.2 Å². The zero-order valence-corrected chi connectivity index (χ0v) is 18.7. The number of aryl methyl sites for hydroxylation is 1. The molecule has 0 fully saturated rings. The molecule has 2 rings (SSSR count). The van der Waals surface area contributed by atoms with Crippen LogP contribution in [0, 0.1) is 6.92 Å². The van der Waals surface area contributed by atoms with Gasteiger partial charge in [-0.3, -0.25) is 0 Å². The van der Waals surface area contributed by atoms with Gasteiger partial charge in [0.05, 0.1) is 13.1 Å². The highest BCUT2D eigenvalue weighted by molar-refractivity contribution is 14.0. The van der Waals surface area contributed by atoms with Gasteiger partial charge in [-0.05, 0) is 39.0 Å². The van der Waals surface area contributed by atoms with E-state index >= 15 is 0 Å². The molecular weight excluding hydrogens is 502 g/mol. The predicted octanol–water partition coefficient (Wildman–Crippen LogP) is 4.07. The van der Waals surface area contributed by atoms with Crippen molar-refractivity contribution in [1.82, 2.24) is 10.6 Å². The number of nitrogens with zero attached hydrogens (tertiary/aromatic N) is 1. The van der Waals surface area contributed by atoms with Gasteiger partial charge >= 0.3 is 6.36 Å². The molecule has 0 bridgehead atoms. The Kier molecular flexibility index (Phi) is 9.27. The summed E-state index contributed by atoms with van der Waals surface area (Å²) in [6.45, 7) is 5.81. The maximum Gasteiger partial charge on any atom is 0.573 e. The van der Waals surface area contributed by atoms with E-state index in [1.165, 1.54) is 18.2 Å². The number of aliphatic hydroxyl groups is 1. The topological polar surface area (TPSA) is 79.0 Å². The molecule has 2 aromatic rings. The Hall–Kier alpha value is -1.95. The van der Waals surface area contributed by atoms with E-state index in [9.17, 15) is 18.3 Å². The van der Waals surface area contributed by atoms with Crippen molar-refractivity contribution in [2.75, 3.05) is 13.1 Å². The van der Waals surface area contributed by atoms with E-state index in [0.717, 1.165) is 0 Å². The van der Waals surface area contributed by atoms with Crippen molar-refractivity contribution in [3.05, 3.63) is 53.5 Å². The summed E-state index contributed by atoms with van der Waals surface area (Å²) in [4.78, 5) is 4.28. The zero-order valence-electron chi connectivity index (χ0n) is 16.3. The number of hydrogen-bond acceptors (Lipinski definition) is 4. The Bertz CT molecular complexity index is 807. The molecule has 162 valence electrons. The van der Waals surface area contributed by atoms with Crippen LogP contribution in [-0.2, 0) is 12.1 Å². The van der Waals surface area contributed by atoms with Gasteiger partial charge in [0, 0.05) is 12.1 Å². The van der Waals surface area contributed by atoms with Crippen molar-refractivity contribution in [2.45, 2.75) is 39.3 Å². The van der Waals surface area contributed by atoms with Crippen LogP contribution < -0.4 is 15.4 Å². The molecule has 29 heavy (non-hydrogen) atoms. The average Bonchev–Trinajstić information content (AvgIpc) is 3.05. The first-order valence-electron chi connectivity index (χ1n) is 8.76. The van der Waals surface area contributed by atoms with Crippen LogP contribution in [0.25, 0.3) is 0 Å². The van der Waals surface area contributed by atoms with Crippen molar-refractivity contribution < 1.29 is 27.4 Å². The number of halogens is 4.